The quantitative estimate of drug-likeness (QED) is 0.303. The predicted octanol–water partition coefficient (Wildman–Crippen LogP) is 3.91. The number of H-pyrrole nitrogens is 1. The highest BCUT2D eigenvalue weighted by atomic mass is 127. The predicted molar refractivity (Wildman–Crippen MR) is 113 cm³/mol. The summed E-state index contributed by atoms with van der Waals surface area (Å²) >= 11 is 0. The van der Waals surface area contributed by atoms with Crippen molar-refractivity contribution in [3.8, 4) is 11.6 Å². The molecular formula is C18H20F3IN6O. The van der Waals surface area contributed by atoms with Crippen LogP contribution in [0.2, 0.25) is 0 Å². The van der Waals surface area contributed by atoms with Crippen molar-refractivity contribution in [2.45, 2.75) is 19.3 Å². The summed E-state index contributed by atoms with van der Waals surface area (Å²) in [7, 11) is 3.42. The monoisotopic (exact) mass is 520 g/mol. The number of aliphatic imine (C=N–C) groups is 1. The Balaban J connectivity index is 0.00000300. The summed E-state index contributed by atoms with van der Waals surface area (Å²) in [5.74, 6) is 2.17. The molecule has 3 rings (SSSR count). The van der Waals surface area contributed by atoms with Crippen LogP contribution < -0.4 is 5.32 Å². The van der Waals surface area contributed by atoms with Crippen LogP contribution in [0.4, 0.5) is 13.2 Å². The third kappa shape index (κ3) is 5.95. The Morgan fingerprint density at radius 2 is 1.97 bits per heavy atom. The van der Waals surface area contributed by atoms with Gasteiger partial charge in [-0.25, -0.2) is 4.98 Å². The van der Waals surface area contributed by atoms with Gasteiger partial charge in [0.15, 0.2) is 11.7 Å². The molecule has 0 aliphatic carbocycles. The van der Waals surface area contributed by atoms with Crippen molar-refractivity contribution < 1.29 is 17.6 Å². The van der Waals surface area contributed by atoms with Gasteiger partial charge in [-0.05, 0) is 29.8 Å². The number of furan rings is 1. The highest BCUT2D eigenvalue weighted by molar-refractivity contribution is 14.0. The summed E-state index contributed by atoms with van der Waals surface area (Å²) in [5.41, 5.74) is 0.0670. The van der Waals surface area contributed by atoms with Crippen LogP contribution in [0.25, 0.3) is 11.6 Å². The summed E-state index contributed by atoms with van der Waals surface area (Å²) < 4.78 is 43.2. The molecule has 0 saturated heterocycles. The Kier molecular flexibility index (Phi) is 7.65. The van der Waals surface area contributed by atoms with Gasteiger partial charge in [0.25, 0.3) is 0 Å². The van der Waals surface area contributed by atoms with Crippen LogP contribution in [0.15, 0.2) is 52.1 Å². The zero-order valence-corrected chi connectivity index (χ0v) is 18.0. The van der Waals surface area contributed by atoms with E-state index < -0.39 is 11.7 Å². The number of nitrogens with one attached hydrogen (secondary N) is 2. The Hall–Kier alpha value is -2.57. The van der Waals surface area contributed by atoms with Gasteiger partial charge in [-0.2, -0.15) is 13.2 Å². The largest absolute Gasteiger partial charge is 0.461 e. The molecule has 2 N–H and O–H groups in total. The van der Waals surface area contributed by atoms with E-state index in [4.69, 9.17) is 4.42 Å². The van der Waals surface area contributed by atoms with E-state index in [1.807, 2.05) is 0 Å². The summed E-state index contributed by atoms with van der Waals surface area (Å²) in [6.07, 6.45) is -2.80. The normalized spacial score (nSPS) is 11.8. The van der Waals surface area contributed by atoms with E-state index >= 15 is 0 Å². The van der Waals surface area contributed by atoms with Gasteiger partial charge in [0.2, 0.25) is 5.82 Å². The van der Waals surface area contributed by atoms with Gasteiger partial charge < -0.3 is 14.6 Å². The van der Waals surface area contributed by atoms with Crippen LogP contribution in [0.3, 0.4) is 0 Å². The standard InChI is InChI=1S/C18H19F3N6O.HI/c1-22-17(23-10-15-24-16(26-25-15)14-4-3-9-28-14)27(2)11-12-5-7-13(8-6-12)18(19,20)21;/h3-9H,10-11H2,1-2H3,(H,22,23)(H,24,25,26);1H. The minimum atomic E-state index is -4.34. The molecule has 0 radical (unpaired) electrons. The third-order valence-corrected chi connectivity index (χ3v) is 3.96. The molecule has 0 atom stereocenters. The molecule has 7 nitrogen and oxygen atoms in total. The molecule has 0 aliphatic heterocycles. The molecule has 11 heteroatoms. The molecule has 2 heterocycles. The van der Waals surface area contributed by atoms with Crippen molar-refractivity contribution in [3.63, 3.8) is 0 Å². The number of aromatic nitrogens is 3. The highest BCUT2D eigenvalue weighted by Gasteiger charge is 2.29. The Bertz CT molecular complexity index is 922. The minimum Gasteiger partial charge on any atom is -0.461 e. The van der Waals surface area contributed by atoms with Gasteiger partial charge in [-0.15, -0.1) is 29.1 Å². The van der Waals surface area contributed by atoms with E-state index in [-0.39, 0.29) is 24.0 Å². The lowest BCUT2D eigenvalue weighted by Gasteiger charge is -2.22. The molecule has 29 heavy (non-hydrogen) atoms. The van der Waals surface area contributed by atoms with E-state index in [2.05, 4.69) is 25.5 Å². The number of guanidine groups is 1. The van der Waals surface area contributed by atoms with Gasteiger partial charge in [-0.3, -0.25) is 10.1 Å². The van der Waals surface area contributed by atoms with Crippen molar-refractivity contribution in [1.29, 1.82) is 0 Å². The van der Waals surface area contributed by atoms with Gasteiger partial charge in [0, 0.05) is 20.6 Å². The second-order valence-electron chi connectivity index (χ2n) is 6.03. The minimum absolute atomic E-state index is 0. The highest BCUT2D eigenvalue weighted by Crippen LogP contribution is 2.29. The first-order valence-electron chi connectivity index (χ1n) is 8.40. The number of hydrogen-bond donors (Lipinski definition) is 2. The van der Waals surface area contributed by atoms with Crippen molar-refractivity contribution in [2.24, 2.45) is 4.99 Å². The Morgan fingerprint density at radius 3 is 2.55 bits per heavy atom. The molecular weight excluding hydrogens is 500 g/mol. The zero-order chi connectivity index (χ0) is 20.1. The Labute approximate surface area is 182 Å². The SMILES string of the molecule is CN=C(NCc1nc(-c2ccco2)n[nH]1)N(C)Cc1ccc(C(F)(F)F)cc1.I. The fourth-order valence-corrected chi connectivity index (χ4v) is 2.59. The number of nitrogens with zero attached hydrogens (tertiary/aromatic N) is 4. The molecule has 1 aromatic carbocycles. The first-order valence-corrected chi connectivity index (χ1v) is 8.40. The average molecular weight is 520 g/mol. The fourth-order valence-electron chi connectivity index (χ4n) is 2.59. The second-order valence-corrected chi connectivity index (χ2v) is 6.03. The van der Waals surface area contributed by atoms with Crippen molar-refractivity contribution in [3.05, 3.63) is 59.6 Å². The van der Waals surface area contributed by atoms with E-state index in [1.165, 1.54) is 12.1 Å². The third-order valence-electron chi connectivity index (χ3n) is 3.96. The molecule has 0 bridgehead atoms. The lowest BCUT2D eigenvalue weighted by atomic mass is 10.1. The van der Waals surface area contributed by atoms with Crippen molar-refractivity contribution >= 4 is 29.9 Å². The maximum Gasteiger partial charge on any atom is 0.416 e. The molecule has 156 valence electrons. The smallest absolute Gasteiger partial charge is 0.416 e. The molecule has 0 saturated carbocycles. The lowest BCUT2D eigenvalue weighted by molar-refractivity contribution is -0.137. The summed E-state index contributed by atoms with van der Waals surface area (Å²) in [4.78, 5) is 10.3. The van der Waals surface area contributed by atoms with E-state index in [0.717, 1.165) is 17.7 Å². The van der Waals surface area contributed by atoms with Crippen molar-refractivity contribution in [2.75, 3.05) is 14.1 Å². The van der Waals surface area contributed by atoms with Crippen LogP contribution in [0.5, 0.6) is 0 Å². The van der Waals surface area contributed by atoms with Gasteiger partial charge in [-0.1, -0.05) is 12.1 Å². The van der Waals surface area contributed by atoms with Gasteiger partial charge in [0.1, 0.15) is 5.82 Å². The molecule has 2 aromatic heterocycles. The van der Waals surface area contributed by atoms with Crippen LogP contribution in [-0.2, 0) is 19.3 Å². The number of rotatable bonds is 5. The summed E-state index contributed by atoms with van der Waals surface area (Å²) in [6, 6.07) is 8.57. The Morgan fingerprint density at radius 1 is 1.24 bits per heavy atom. The number of benzene rings is 1. The average Bonchev–Trinajstić information content (AvgIpc) is 3.33. The van der Waals surface area contributed by atoms with E-state index in [0.29, 0.717) is 36.5 Å². The van der Waals surface area contributed by atoms with Crippen LogP contribution >= 0.6 is 24.0 Å². The molecule has 0 fully saturated rings. The van der Waals surface area contributed by atoms with Gasteiger partial charge >= 0.3 is 6.18 Å². The van der Waals surface area contributed by atoms with E-state index in [1.54, 1.807) is 37.4 Å². The molecule has 0 spiro atoms. The fraction of sp³-hybridized carbons (Fsp3) is 0.278. The van der Waals surface area contributed by atoms with Crippen LogP contribution in [0, 0.1) is 0 Å². The summed E-state index contributed by atoms with van der Waals surface area (Å²) in [6.45, 7) is 0.740. The number of hydrogen-bond acceptors (Lipinski definition) is 4. The summed E-state index contributed by atoms with van der Waals surface area (Å²) in [5, 5.41) is 10.0. The van der Waals surface area contributed by atoms with Crippen LogP contribution in [-0.4, -0.2) is 40.1 Å². The van der Waals surface area contributed by atoms with E-state index in [9.17, 15) is 13.2 Å². The molecule has 0 unspecified atom stereocenters. The number of aromatic amines is 1. The first-order chi connectivity index (χ1) is 13.4. The first kappa shape index (κ1) is 22.7. The van der Waals surface area contributed by atoms with Crippen molar-refractivity contribution in [1.82, 2.24) is 25.4 Å². The number of halogens is 4. The molecule has 0 amide bonds. The zero-order valence-electron chi connectivity index (χ0n) is 15.7. The topological polar surface area (TPSA) is 82.3 Å². The van der Waals surface area contributed by atoms with Crippen LogP contribution in [0.1, 0.15) is 17.0 Å². The molecule has 0 aliphatic rings. The van der Waals surface area contributed by atoms with Gasteiger partial charge in [0.05, 0.1) is 18.4 Å². The second kappa shape index (κ2) is 9.76. The number of alkyl halides is 3. The lowest BCUT2D eigenvalue weighted by Crippen LogP contribution is -2.38. The molecule has 3 aromatic rings. The maximum atomic E-state index is 12.7. The maximum absolute atomic E-state index is 12.7.